The molecule has 3 N–H and O–H groups in total. The Bertz CT molecular complexity index is 1490. The van der Waals surface area contributed by atoms with E-state index in [0.29, 0.717) is 39.6 Å². The first-order valence-corrected chi connectivity index (χ1v) is 20.6. The van der Waals surface area contributed by atoms with Crippen LogP contribution in [0.5, 0.6) is 0 Å². The predicted molar refractivity (Wildman–Crippen MR) is 197 cm³/mol. The molecule has 51 heavy (non-hydrogen) atoms. The van der Waals surface area contributed by atoms with Crippen molar-refractivity contribution in [1.82, 2.24) is 40.3 Å². The molecule has 0 aromatic carbocycles. The number of tetrazole rings is 1. The van der Waals surface area contributed by atoms with Crippen molar-refractivity contribution in [3.05, 3.63) is 22.3 Å². The van der Waals surface area contributed by atoms with Crippen molar-refractivity contribution < 1.29 is 28.7 Å². The van der Waals surface area contributed by atoms with Gasteiger partial charge in [-0.05, 0) is 42.9 Å². The summed E-state index contributed by atoms with van der Waals surface area (Å²) < 4.78 is 12.7. The van der Waals surface area contributed by atoms with E-state index in [2.05, 4.69) is 39.7 Å². The highest BCUT2D eigenvalue weighted by Gasteiger charge is 2.54. The van der Waals surface area contributed by atoms with Gasteiger partial charge in [-0.2, -0.15) is 0 Å². The molecule has 1 fully saturated rings. The second-order valence-electron chi connectivity index (χ2n) is 12.9. The highest BCUT2D eigenvalue weighted by Crippen LogP contribution is 2.42. The monoisotopic (exact) mass is 765 g/mol. The van der Waals surface area contributed by atoms with Crippen LogP contribution in [-0.4, -0.2) is 109 Å². The molecule has 2 aliphatic heterocycles. The number of likely N-dealkylation sites (N-methyl/N-ethyl adjacent to an activating group) is 1. The van der Waals surface area contributed by atoms with Crippen LogP contribution in [0.3, 0.4) is 0 Å². The number of aromatic nitrogens is 5. The number of carbonyl (C=O) groups is 4. The van der Waals surface area contributed by atoms with Crippen molar-refractivity contribution in [2.75, 3.05) is 44.7 Å². The lowest BCUT2D eigenvalue weighted by Gasteiger charge is -2.49. The van der Waals surface area contributed by atoms with Crippen LogP contribution >= 0.6 is 34.9 Å². The summed E-state index contributed by atoms with van der Waals surface area (Å²) in [4.78, 5) is 60.7. The van der Waals surface area contributed by atoms with E-state index in [1.165, 1.54) is 39.8 Å². The van der Waals surface area contributed by atoms with Crippen LogP contribution in [0.15, 0.2) is 21.8 Å². The zero-order chi connectivity index (χ0) is 36.8. The van der Waals surface area contributed by atoms with E-state index < -0.39 is 30.1 Å². The van der Waals surface area contributed by atoms with Crippen LogP contribution in [0.2, 0.25) is 0 Å². The number of unbranched alkanes of at least 4 members (excludes halogenated alkanes) is 6. The molecule has 0 spiro atoms. The van der Waals surface area contributed by atoms with Crippen molar-refractivity contribution in [2.24, 2.45) is 5.92 Å². The van der Waals surface area contributed by atoms with Gasteiger partial charge < -0.3 is 25.4 Å². The number of nitrogens with two attached hydrogens (primary N) is 1. The fraction of sp³-hybridized carbons (Fsp3) is 0.697. The SMILES string of the molecule is CCCCCCC(CCCCCC)C(=O)OCOC(=O)C1=C(CSc2nnnn2CCN(C)C)CS[C@H]2[C@H](NC(=O)Cc3csc(N)n3)C(=O)N12. The number of hydrogen-bond acceptors (Lipinski definition) is 15. The molecule has 2 aliphatic rings. The van der Waals surface area contributed by atoms with E-state index in [-0.39, 0.29) is 29.9 Å². The number of nitrogens with one attached hydrogen (secondary N) is 1. The maximum atomic E-state index is 13.7. The Kier molecular flexibility index (Phi) is 16.5. The molecule has 4 heterocycles. The van der Waals surface area contributed by atoms with E-state index in [9.17, 15) is 19.2 Å². The number of β-lactam (4-membered cyclic amide) rings is 1. The Hall–Kier alpha value is -3.22. The maximum Gasteiger partial charge on any atom is 0.357 e. The van der Waals surface area contributed by atoms with Crippen molar-refractivity contribution in [2.45, 2.75) is 108 Å². The Morgan fingerprint density at radius 1 is 1.10 bits per heavy atom. The van der Waals surface area contributed by atoms with Gasteiger partial charge >= 0.3 is 11.9 Å². The molecule has 282 valence electrons. The molecule has 0 radical (unpaired) electrons. The number of nitrogen functional groups attached to an aromatic ring is 1. The van der Waals surface area contributed by atoms with E-state index >= 15 is 0 Å². The third kappa shape index (κ3) is 11.9. The minimum absolute atomic E-state index is 0.0202. The minimum Gasteiger partial charge on any atom is -0.428 e. The summed E-state index contributed by atoms with van der Waals surface area (Å²) in [6, 6.07) is -0.826. The number of anilines is 1. The molecule has 0 unspecified atom stereocenters. The van der Waals surface area contributed by atoms with Crippen LogP contribution in [-0.2, 0) is 41.6 Å². The van der Waals surface area contributed by atoms with Gasteiger partial charge in [0.2, 0.25) is 17.9 Å². The molecule has 0 bridgehead atoms. The maximum absolute atomic E-state index is 13.7. The van der Waals surface area contributed by atoms with Gasteiger partial charge in [0.05, 0.1) is 24.6 Å². The summed E-state index contributed by atoms with van der Waals surface area (Å²) >= 11 is 4.03. The summed E-state index contributed by atoms with van der Waals surface area (Å²) in [5.41, 5.74) is 6.96. The summed E-state index contributed by atoms with van der Waals surface area (Å²) in [6.07, 6.45) is 9.93. The first-order chi connectivity index (χ1) is 24.6. The second kappa shape index (κ2) is 20.7. The van der Waals surface area contributed by atoms with E-state index in [1.807, 2.05) is 19.0 Å². The molecule has 0 saturated carbocycles. The molecule has 15 nitrogen and oxygen atoms in total. The number of fused-ring (bicyclic) bond motifs is 1. The molecular formula is C33H51N9O6S3. The molecule has 4 rings (SSSR count). The normalized spacial score (nSPS) is 17.1. The molecule has 2 atom stereocenters. The number of nitrogens with zero attached hydrogens (tertiary/aromatic N) is 7. The average molecular weight is 766 g/mol. The zero-order valence-electron chi connectivity index (χ0n) is 30.0. The Labute approximate surface area is 312 Å². The van der Waals surface area contributed by atoms with Gasteiger partial charge in [-0.25, -0.2) is 14.5 Å². The van der Waals surface area contributed by atoms with Crippen LogP contribution in [0.4, 0.5) is 5.13 Å². The van der Waals surface area contributed by atoms with Crippen molar-refractivity contribution >= 4 is 63.7 Å². The average Bonchev–Trinajstić information content (AvgIpc) is 3.74. The number of amides is 2. The Balaban J connectivity index is 1.43. The van der Waals surface area contributed by atoms with Crippen LogP contribution < -0.4 is 11.1 Å². The number of ether oxygens (including phenoxy) is 2. The summed E-state index contributed by atoms with van der Waals surface area (Å²) in [5.74, 6) is -1.47. The summed E-state index contributed by atoms with van der Waals surface area (Å²) in [7, 11) is 3.92. The van der Waals surface area contributed by atoms with E-state index in [1.54, 1.807) is 10.1 Å². The highest BCUT2D eigenvalue weighted by molar-refractivity contribution is 8.01. The van der Waals surface area contributed by atoms with Gasteiger partial charge in [-0.15, -0.1) is 28.2 Å². The van der Waals surface area contributed by atoms with Gasteiger partial charge in [0.15, 0.2) is 5.13 Å². The Morgan fingerprint density at radius 2 is 1.82 bits per heavy atom. The molecule has 2 amide bonds. The molecule has 2 aromatic heterocycles. The van der Waals surface area contributed by atoms with Gasteiger partial charge in [-0.1, -0.05) is 77.0 Å². The topological polar surface area (TPSA) is 188 Å². The molecule has 18 heteroatoms. The molecule has 0 aliphatic carbocycles. The predicted octanol–water partition coefficient (Wildman–Crippen LogP) is 3.86. The zero-order valence-corrected chi connectivity index (χ0v) is 32.5. The first-order valence-electron chi connectivity index (χ1n) is 17.7. The van der Waals surface area contributed by atoms with Gasteiger partial charge in [0.25, 0.3) is 5.91 Å². The smallest absolute Gasteiger partial charge is 0.357 e. The van der Waals surface area contributed by atoms with Crippen molar-refractivity contribution in [1.29, 1.82) is 0 Å². The van der Waals surface area contributed by atoms with Crippen molar-refractivity contribution in [3.8, 4) is 0 Å². The number of thioether (sulfide) groups is 2. The van der Waals surface area contributed by atoms with Crippen LogP contribution in [0.25, 0.3) is 0 Å². The first kappa shape index (κ1) is 40.5. The van der Waals surface area contributed by atoms with Gasteiger partial charge in [-0.3, -0.25) is 19.3 Å². The molecular weight excluding hydrogens is 715 g/mol. The lowest BCUT2D eigenvalue weighted by Crippen LogP contribution is -2.70. The molecule has 1 saturated heterocycles. The summed E-state index contributed by atoms with van der Waals surface area (Å²) in [5, 5.41) is 16.9. The van der Waals surface area contributed by atoms with E-state index in [4.69, 9.17) is 15.2 Å². The quantitative estimate of drug-likeness (QED) is 0.0546. The lowest BCUT2D eigenvalue weighted by molar-refractivity contribution is -0.171. The minimum atomic E-state index is -0.826. The number of thiazole rings is 1. The van der Waals surface area contributed by atoms with Gasteiger partial charge in [0.1, 0.15) is 17.1 Å². The van der Waals surface area contributed by atoms with Crippen LogP contribution in [0, 0.1) is 5.92 Å². The number of carbonyl (C=O) groups excluding carboxylic acids is 4. The number of rotatable bonds is 23. The van der Waals surface area contributed by atoms with Gasteiger partial charge in [0, 0.05) is 23.4 Å². The largest absolute Gasteiger partial charge is 0.428 e. The van der Waals surface area contributed by atoms with Crippen LogP contribution in [0.1, 0.15) is 83.7 Å². The number of esters is 2. The highest BCUT2D eigenvalue weighted by atomic mass is 32.2. The lowest BCUT2D eigenvalue weighted by atomic mass is 9.94. The van der Waals surface area contributed by atoms with Crippen molar-refractivity contribution in [3.63, 3.8) is 0 Å². The molecule has 2 aromatic rings. The van der Waals surface area contributed by atoms with E-state index in [0.717, 1.165) is 70.8 Å². The summed E-state index contributed by atoms with van der Waals surface area (Å²) in [6.45, 7) is 5.06. The fourth-order valence-electron chi connectivity index (χ4n) is 5.80. The third-order valence-electron chi connectivity index (χ3n) is 8.64. The number of hydrogen-bond donors (Lipinski definition) is 2. The second-order valence-corrected chi connectivity index (χ2v) is 15.9. The Morgan fingerprint density at radius 3 is 2.47 bits per heavy atom. The standard InChI is InChI=1S/C33H51N9O6S3/c1-5-7-9-11-13-22(14-12-10-8-6-2)30(45)47-21-48-31(46)27-23(19-51-33-37-38-39-41(33)16-15-40(3)4)18-49-29-26(28(44)42(27)29)36-25(43)17-24-20-50-32(34)35-24/h20,22,26,29H,5-19,21H2,1-4H3,(H2,34,35)(H,36,43)/t26-,29+/m1/s1. The third-order valence-corrected chi connectivity index (χ3v) is 11.7. The fourth-order valence-corrected chi connectivity index (χ4v) is 8.76.